The molecule has 1 N–H and O–H groups in total. The van der Waals surface area contributed by atoms with Crippen LogP contribution in [-0.2, 0) is 11.2 Å². The zero-order valence-electron chi connectivity index (χ0n) is 14.8. The lowest BCUT2D eigenvalue weighted by molar-refractivity contribution is -0.119. The van der Waals surface area contributed by atoms with Crippen LogP contribution in [0.5, 0.6) is 0 Å². The molecule has 3 aliphatic rings. The van der Waals surface area contributed by atoms with Gasteiger partial charge in [0.2, 0.25) is 5.91 Å². The second-order valence-electron chi connectivity index (χ2n) is 7.91. The van der Waals surface area contributed by atoms with Crippen molar-refractivity contribution in [3.05, 3.63) is 28.8 Å². The van der Waals surface area contributed by atoms with Crippen LogP contribution in [0.15, 0.2) is 12.1 Å². The van der Waals surface area contributed by atoms with E-state index >= 15 is 0 Å². The molecule has 0 spiro atoms. The SMILES string of the molecule is Cc1cc(C)c2c(c1)N(C(=O)CC1CC3CCC(C1)N3)CCC2.Cl. The normalized spacial score (nSPS) is 28.2. The smallest absolute Gasteiger partial charge is 0.227 e. The van der Waals surface area contributed by atoms with Crippen molar-refractivity contribution in [2.45, 2.75) is 70.9 Å². The highest BCUT2D eigenvalue weighted by atomic mass is 35.5. The summed E-state index contributed by atoms with van der Waals surface area (Å²) in [6, 6.07) is 5.80. The highest BCUT2D eigenvalue weighted by molar-refractivity contribution is 5.95. The van der Waals surface area contributed by atoms with Crippen LogP contribution in [0.4, 0.5) is 5.69 Å². The number of anilines is 1. The van der Waals surface area contributed by atoms with Crippen LogP contribution in [0, 0.1) is 19.8 Å². The Morgan fingerprint density at radius 2 is 1.92 bits per heavy atom. The average molecular weight is 349 g/mol. The molecule has 3 nitrogen and oxygen atoms in total. The van der Waals surface area contributed by atoms with Gasteiger partial charge in [0.05, 0.1) is 0 Å². The van der Waals surface area contributed by atoms with Gasteiger partial charge < -0.3 is 10.2 Å². The van der Waals surface area contributed by atoms with Crippen molar-refractivity contribution in [3.8, 4) is 0 Å². The largest absolute Gasteiger partial charge is 0.312 e. The lowest BCUT2D eigenvalue weighted by Gasteiger charge is -2.34. The number of carbonyl (C=O) groups is 1. The van der Waals surface area contributed by atoms with E-state index in [0.29, 0.717) is 23.9 Å². The Bertz CT molecular complexity index is 618. The van der Waals surface area contributed by atoms with Crippen molar-refractivity contribution < 1.29 is 4.79 Å². The predicted octanol–water partition coefficient (Wildman–Crippen LogP) is 3.93. The maximum atomic E-state index is 13.0. The van der Waals surface area contributed by atoms with Crippen molar-refractivity contribution in [2.24, 2.45) is 5.92 Å². The molecule has 0 radical (unpaired) electrons. The Labute approximate surface area is 151 Å². The maximum absolute atomic E-state index is 13.0. The van der Waals surface area contributed by atoms with E-state index in [-0.39, 0.29) is 12.4 Å². The van der Waals surface area contributed by atoms with Crippen LogP contribution in [0.25, 0.3) is 0 Å². The van der Waals surface area contributed by atoms with Gasteiger partial charge in [0.1, 0.15) is 0 Å². The van der Waals surface area contributed by atoms with Gasteiger partial charge in [-0.1, -0.05) is 6.07 Å². The minimum atomic E-state index is 0. The molecule has 2 unspecified atom stereocenters. The highest BCUT2D eigenvalue weighted by Crippen LogP contribution is 2.35. The van der Waals surface area contributed by atoms with Crippen LogP contribution < -0.4 is 10.2 Å². The third-order valence-electron chi connectivity index (χ3n) is 6.03. The zero-order chi connectivity index (χ0) is 16.0. The molecule has 0 aliphatic carbocycles. The van der Waals surface area contributed by atoms with Gasteiger partial charge in [-0.2, -0.15) is 0 Å². The molecule has 4 rings (SSSR count). The van der Waals surface area contributed by atoms with Crippen molar-refractivity contribution in [1.29, 1.82) is 0 Å². The highest BCUT2D eigenvalue weighted by Gasteiger charge is 2.35. The van der Waals surface area contributed by atoms with Crippen LogP contribution in [-0.4, -0.2) is 24.5 Å². The number of aryl methyl sites for hydroxylation is 2. The first kappa shape index (κ1) is 17.8. The van der Waals surface area contributed by atoms with Gasteiger partial charge in [-0.25, -0.2) is 0 Å². The quantitative estimate of drug-likeness (QED) is 0.878. The molecule has 3 aliphatic heterocycles. The van der Waals surface area contributed by atoms with Gasteiger partial charge >= 0.3 is 0 Å². The lowest BCUT2D eigenvalue weighted by Crippen LogP contribution is -2.41. The summed E-state index contributed by atoms with van der Waals surface area (Å²) in [5.41, 5.74) is 5.19. The molecule has 2 saturated heterocycles. The number of benzene rings is 1. The van der Waals surface area contributed by atoms with E-state index in [9.17, 15) is 4.79 Å². The molecule has 2 fully saturated rings. The average Bonchev–Trinajstić information content (AvgIpc) is 2.85. The summed E-state index contributed by atoms with van der Waals surface area (Å²) in [5, 5.41) is 3.68. The van der Waals surface area contributed by atoms with Crippen molar-refractivity contribution in [1.82, 2.24) is 5.32 Å². The molecule has 0 aromatic heterocycles. The van der Waals surface area contributed by atoms with Crippen LogP contribution in [0.3, 0.4) is 0 Å². The van der Waals surface area contributed by atoms with Crippen LogP contribution in [0.2, 0.25) is 0 Å². The monoisotopic (exact) mass is 348 g/mol. The molecule has 1 aromatic rings. The summed E-state index contributed by atoms with van der Waals surface area (Å²) < 4.78 is 0. The summed E-state index contributed by atoms with van der Waals surface area (Å²) in [6.45, 7) is 5.21. The Morgan fingerprint density at radius 3 is 2.62 bits per heavy atom. The fourth-order valence-corrected chi connectivity index (χ4v) is 5.03. The second-order valence-corrected chi connectivity index (χ2v) is 7.91. The summed E-state index contributed by atoms with van der Waals surface area (Å²) >= 11 is 0. The van der Waals surface area contributed by atoms with E-state index in [1.165, 1.54) is 48.1 Å². The summed E-state index contributed by atoms with van der Waals surface area (Å²) in [6.07, 6.45) is 7.94. The van der Waals surface area contributed by atoms with Gasteiger partial charge in [-0.3, -0.25) is 4.79 Å². The van der Waals surface area contributed by atoms with E-state index in [0.717, 1.165) is 25.8 Å². The van der Waals surface area contributed by atoms with E-state index in [4.69, 9.17) is 0 Å². The molecule has 132 valence electrons. The minimum absolute atomic E-state index is 0. The number of nitrogens with one attached hydrogen (secondary N) is 1. The van der Waals surface area contributed by atoms with E-state index < -0.39 is 0 Å². The predicted molar refractivity (Wildman–Crippen MR) is 101 cm³/mol. The zero-order valence-corrected chi connectivity index (χ0v) is 15.6. The Kier molecular flexibility index (Phi) is 5.22. The standard InChI is InChI=1S/C20H28N2O.ClH/c1-13-8-14(2)18-4-3-7-22(19(18)9-13)20(23)12-15-10-16-5-6-17(11-15)21-16;/h8-9,15-17,21H,3-7,10-12H2,1-2H3;1H. The van der Waals surface area contributed by atoms with Gasteiger partial charge in [-0.15, -0.1) is 12.4 Å². The number of nitrogens with zero attached hydrogens (tertiary/aromatic N) is 1. The molecule has 1 aromatic carbocycles. The lowest BCUT2D eigenvalue weighted by atomic mass is 9.88. The molecule has 4 heteroatoms. The Balaban J connectivity index is 0.00000169. The number of fused-ring (bicyclic) bond motifs is 3. The second kappa shape index (κ2) is 7.05. The van der Waals surface area contributed by atoms with E-state index in [1.54, 1.807) is 0 Å². The molecular formula is C20H29ClN2O. The number of amides is 1. The molecule has 0 saturated carbocycles. The molecule has 2 atom stereocenters. The molecule has 1 amide bonds. The van der Waals surface area contributed by atoms with Gasteiger partial charge in [-0.05, 0) is 81.0 Å². The molecular weight excluding hydrogens is 320 g/mol. The summed E-state index contributed by atoms with van der Waals surface area (Å²) in [4.78, 5) is 15.1. The van der Waals surface area contributed by atoms with Crippen molar-refractivity contribution in [2.75, 3.05) is 11.4 Å². The number of piperidine rings is 1. The van der Waals surface area contributed by atoms with Crippen molar-refractivity contribution in [3.63, 3.8) is 0 Å². The van der Waals surface area contributed by atoms with Gasteiger partial charge in [0.15, 0.2) is 0 Å². The Morgan fingerprint density at radius 1 is 1.21 bits per heavy atom. The fourth-order valence-electron chi connectivity index (χ4n) is 5.03. The number of carbonyl (C=O) groups excluding carboxylic acids is 1. The first-order chi connectivity index (χ1) is 11.1. The van der Waals surface area contributed by atoms with Crippen LogP contribution in [0.1, 0.15) is 55.2 Å². The minimum Gasteiger partial charge on any atom is -0.312 e. The topological polar surface area (TPSA) is 32.3 Å². The summed E-state index contributed by atoms with van der Waals surface area (Å²) in [7, 11) is 0. The van der Waals surface area contributed by atoms with E-state index in [1.807, 2.05) is 0 Å². The Hall–Kier alpha value is -1.06. The molecule has 2 bridgehead atoms. The van der Waals surface area contributed by atoms with Gasteiger partial charge in [0, 0.05) is 30.7 Å². The molecule has 24 heavy (non-hydrogen) atoms. The fraction of sp³-hybridized carbons (Fsp3) is 0.650. The first-order valence-corrected chi connectivity index (χ1v) is 9.26. The molecule has 3 heterocycles. The third kappa shape index (κ3) is 3.34. The van der Waals surface area contributed by atoms with Crippen LogP contribution >= 0.6 is 12.4 Å². The van der Waals surface area contributed by atoms with Gasteiger partial charge in [0.25, 0.3) is 0 Å². The maximum Gasteiger partial charge on any atom is 0.227 e. The van der Waals surface area contributed by atoms with Crippen molar-refractivity contribution >= 4 is 24.0 Å². The first-order valence-electron chi connectivity index (χ1n) is 9.26. The third-order valence-corrected chi connectivity index (χ3v) is 6.03. The van der Waals surface area contributed by atoms with E-state index in [2.05, 4.69) is 36.2 Å². The summed E-state index contributed by atoms with van der Waals surface area (Å²) in [5.74, 6) is 0.930. The number of hydrogen-bond acceptors (Lipinski definition) is 2. The number of hydrogen-bond donors (Lipinski definition) is 1. The number of rotatable bonds is 2. The number of halogens is 1.